The van der Waals surface area contributed by atoms with Crippen molar-refractivity contribution in [3.05, 3.63) is 71.8 Å². The summed E-state index contributed by atoms with van der Waals surface area (Å²) in [5.41, 5.74) is 6.47. The average molecular weight is 414 g/mol. The number of pyridine rings is 1. The molecule has 2 N–H and O–H groups in total. The van der Waals surface area contributed by atoms with E-state index in [4.69, 9.17) is 4.98 Å². The molecule has 6 heteroatoms. The third-order valence-corrected chi connectivity index (χ3v) is 5.36. The number of hydrogen-bond donors (Lipinski definition) is 2. The van der Waals surface area contributed by atoms with Crippen LogP contribution >= 0.6 is 0 Å². The predicted molar refractivity (Wildman–Crippen MR) is 125 cm³/mol. The summed E-state index contributed by atoms with van der Waals surface area (Å²) in [5.74, 6) is -0.0668. The Morgan fingerprint density at radius 2 is 1.68 bits per heavy atom. The molecule has 158 valence electrons. The van der Waals surface area contributed by atoms with E-state index in [1.807, 2.05) is 55.4 Å². The number of hydrogen-bond acceptors (Lipinski definition) is 4. The molecule has 0 atom stereocenters. The monoisotopic (exact) mass is 413 g/mol. The van der Waals surface area contributed by atoms with Crippen LogP contribution in [-0.2, 0) is 6.42 Å². The van der Waals surface area contributed by atoms with E-state index >= 15 is 0 Å². The summed E-state index contributed by atoms with van der Waals surface area (Å²) in [4.78, 5) is 19.0. The summed E-state index contributed by atoms with van der Waals surface area (Å²) in [5, 5.41) is 11.5. The highest BCUT2D eigenvalue weighted by molar-refractivity contribution is 5.95. The number of benzene rings is 2. The van der Waals surface area contributed by atoms with Crippen LogP contribution in [0.3, 0.4) is 0 Å². The van der Waals surface area contributed by atoms with Crippen molar-refractivity contribution in [3.63, 3.8) is 0 Å². The van der Waals surface area contributed by atoms with Crippen molar-refractivity contribution in [1.29, 1.82) is 0 Å². The first-order chi connectivity index (χ1) is 15.0. The summed E-state index contributed by atoms with van der Waals surface area (Å²) in [7, 11) is 3.96. The number of aromatic amines is 1. The average Bonchev–Trinajstić information content (AvgIpc) is 3.22. The zero-order valence-corrected chi connectivity index (χ0v) is 18.1. The largest absolute Gasteiger partial charge is 0.351 e. The summed E-state index contributed by atoms with van der Waals surface area (Å²) in [6.07, 6.45) is 1.02. The molecule has 0 aliphatic rings. The van der Waals surface area contributed by atoms with E-state index in [9.17, 15) is 4.79 Å². The molecule has 0 saturated heterocycles. The first-order valence-electron chi connectivity index (χ1n) is 10.5. The molecule has 2 aromatic heterocycles. The fourth-order valence-electron chi connectivity index (χ4n) is 3.47. The van der Waals surface area contributed by atoms with Gasteiger partial charge in [-0.3, -0.25) is 9.89 Å². The molecule has 0 aliphatic heterocycles. The minimum atomic E-state index is -0.0668. The number of fused-ring (bicyclic) bond motifs is 1. The highest BCUT2D eigenvalue weighted by atomic mass is 16.1. The topological polar surface area (TPSA) is 73.9 Å². The lowest BCUT2D eigenvalue weighted by molar-refractivity contribution is 0.0951. The van der Waals surface area contributed by atoms with Crippen LogP contribution in [0, 0.1) is 0 Å². The number of amides is 1. The van der Waals surface area contributed by atoms with Gasteiger partial charge in [0.1, 0.15) is 0 Å². The fraction of sp³-hybridized carbons (Fsp3) is 0.240. The molecule has 4 rings (SSSR count). The molecule has 2 heterocycles. The van der Waals surface area contributed by atoms with Gasteiger partial charge in [-0.1, -0.05) is 43.3 Å². The summed E-state index contributed by atoms with van der Waals surface area (Å²) in [6.45, 7) is 3.58. The fourth-order valence-corrected chi connectivity index (χ4v) is 3.47. The number of nitrogens with one attached hydrogen (secondary N) is 2. The molecule has 2 aromatic carbocycles. The van der Waals surface area contributed by atoms with Crippen molar-refractivity contribution < 1.29 is 4.79 Å². The van der Waals surface area contributed by atoms with Crippen LogP contribution in [0.2, 0.25) is 0 Å². The number of carbonyl (C=O) groups is 1. The highest BCUT2D eigenvalue weighted by Crippen LogP contribution is 2.28. The van der Waals surface area contributed by atoms with E-state index < -0.39 is 0 Å². The molecular weight excluding hydrogens is 386 g/mol. The SMILES string of the molecule is CCc1ccc(-c2[nH]nc3nc(-c4ccc(C(=O)NCCN(C)C)cc4)ccc23)cc1. The molecule has 31 heavy (non-hydrogen) atoms. The van der Waals surface area contributed by atoms with Crippen LogP contribution in [0.1, 0.15) is 22.8 Å². The molecule has 0 saturated carbocycles. The van der Waals surface area contributed by atoms with E-state index in [0.29, 0.717) is 17.8 Å². The quantitative estimate of drug-likeness (QED) is 0.477. The van der Waals surface area contributed by atoms with Gasteiger partial charge in [-0.05, 0) is 50.3 Å². The minimum Gasteiger partial charge on any atom is -0.351 e. The van der Waals surface area contributed by atoms with E-state index in [2.05, 4.69) is 46.7 Å². The van der Waals surface area contributed by atoms with Gasteiger partial charge >= 0.3 is 0 Å². The first-order valence-corrected chi connectivity index (χ1v) is 10.5. The van der Waals surface area contributed by atoms with Crippen molar-refractivity contribution in [2.45, 2.75) is 13.3 Å². The van der Waals surface area contributed by atoms with Gasteiger partial charge in [-0.15, -0.1) is 0 Å². The van der Waals surface area contributed by atoms with E-state index in [-0.39, 0.29) is 5.91 Å². The summed E-state index contributed by atoms with van der Waals surface area (Å²) >= 11 is 0. The molecule has 1 amide bonds. The second-order valence-electron chi connectivity index (χ2n) is 7.85. The number of rotatable bonds is 7. The first kappa shape index (κ1) is 20.8. The van der Waals surface area contributed by atoms with Crippen LogP contribution in [0.4, 0.5) is 0 Å². The van der Waals surface area contributed by atoms with E-state index in [1.54, 1.807) is 0 Å². The Bertz CT molecular complexity index is 1180. The molecule has 0 unspecified atom stereocenters. The third kappa shape index (κ3) is 4.64. The second-order valence-corrected chi connectivity index (χ2v) is 7.85. The number of aryl methyl sites for hydroxylation is 1. The lowest BCUT2D eigenvalue weighted by atomic mass is 10.0. The maximum absolute atomic E-state index is 12.3. The lowest BCUT2D eigenvalue weighted by Gasteiger charge is -2.10. The van der Waals surface area contributed by atoms with Crippen molar-refractivity contribution in [3.8, 4) is 22.5 Å². The second kappa shape index (κ2) is 9.10. The number of nitrogens with zero attached hydrogens (tertiary/aromatic N) is 3. The Labute approximate surface area is 182 Å². The number of carbonyl (C=O) groups excluding carboxylic acids is 1. The van der Waals surface area contributed by atoms with Gasteiger partial charge in [-0.2, -0.15) is 5.10 Å². The molecule has 0 fully saturated rings. The van der Waals surface area contributed by atoms with Crippen molar-refractivity contribution in [2.24, 2.45) is 0 Å². The Kier molecular flexibility index (Phi) is 6.09. The number of H-pyrrole nitrogens is 1. The Hall–Kier alpha value is -3.51. The third-order valence-electron chi connectivity index (χ3n) is 5.36. The lowest BCUT2D eigenvalue weighted by Crippen LogP contribution is -2.31. The highest BCUT2D eigenvalue weighted by Gasteiger charge is 2.11. The molecule has 0 spiro atoms. The van der Waals surface area contributed by atoms with Gasteiger partial charge in [0.2, 0.25) is 0 Å². The van der Waals surface area contributed by atoms with Crippen molar-refractivity contribution in [2.75, 3.05) is 27.2 Å². The van der Waals surface area contributed by atoms with Gasteiger partial charge < -0.3 is 10.2 Å². The number of aromatic nitrogens is 3. The Morgan fingerprint density at radius 3 is 2.35 bits per heavy atom. The van der Waals surface area contributed by atoms with Gasteiger partial charge in [0.15, 0.2) is 5.65 Å². The van der Waals surface area contributed by atoms with E-state index in [1.165, 1.54) is 5.56 Å². The van der Waals surface area contributed by atoms with Crippen LogP contribution in [0.5, 0.6) is 0 Å². The molecular formula is C25H27N5O. The Morgan fingerprint density at radius 1 is 0.968 bits per heavy atom. The maximum Gasteiger partial charge on any atom is 0.251 e. The molecule has 0 bridgehead atoms. The smallest absolute Gasteiger partial charge is 0.251 e. The minimum absolute atomic E-state index is 0.0668. The maximum atomic E-state index is 12.3. The van der Waals surface area contributed by atoms with Crippen LogP contribution in [0.15, 0.2) is 60.7 Å². The van der Waals surface area contributed by atoms with E-state index in [0.717, 1.165) is 40.9 Å². The van der Waals surface area contributed by atoms with Gasteiger partial charge in [0.25, 0.3) is 5.91 Å². The van der Waals surface area contributed by atoms with Crippen LogP contribution < -0.4 is 5.32 Å². The standard InChI is InChI=1S/C25H27N5O/c1-4-17-5-7-19(8-6-17)23-21-13-14-22(27-24(21)29-28-23)18-9-11-20(12-10-18)25(31)26-15-16-30(2)3/h5-14H,4,15-16H2,1-3H3,(H,26,31)(H,27,28,29). The zero-order chi connectivity index (χ0) is 21.8. The van der Waals surface area contributed by atoms with Crippen molar-refractivity contribution >= 4 is 16.9 Å². The Balaban J connectivity index is 1.53. The molecule has 0 aliphatic carbocycles. The van der Waals surface area contributed by atoms with Gasteiger partial charge in [0.05, 0.1) is 11.4 Å². The summed E-state index contributed by atoms with van der Waals surface area (Å²) < 4.78 is 0. The van der Waals surface area contributed by atoms with Crippen LogP contribution in [0.25, 0.3) is 33.5 Å². The molecule has 6 nitrogen and oxygen atoms in total. The predicted octanol–water partition coefficient (Wildman–Crippen LogP) is 4.15. The van der Waals surface area contributed by atoms with Gasteiger partial charge in [0, 0.05) is 35.2 Å². The summed E-state index contributed by atoms with van der Waals surface area (Å²) in [6, 6.07) is 20.1. The van der Waals surface area contributed by atoms with Crippen LogP contribution in [-0.4, -0.2) is 53.2 Å². The molecule has 4 aromatic rings. The molecule has 0 radical (unpaired) electrons. The number of likely N-dealkylation sites (N-methyl/N-ethyl adjacent to an activating group) is 1. The van der Waals surface area contributed by atoms with Gasteiger partial charge in [-0.25, -0.2) is 4.98 Å². The zero-order valence-electron chi connectivity index (χ0n) is 18.1. The van der Waals surface area contributed by atoms with Crippen molar-refractivity contribution in [1.82, 2.24) is 25.4 Å². The normalized spacial score (nSPS) is 11.2.